The molecule has 0 aromatic heterocycles. The third-order valence-corrected chi connectivity index (χ3v) is 8.05. The van der Waals surface area contributed by atoms with Gasteiger partial charge in [0.25, 0.3) is 5.91 Å². The van der Waals surface area contributed by atoms with Crippen LogP contribution in [0.4, 0.5) is 0 Å². The summed E-state index contributed by atoms with van der Waals surface area (Å²) >= 11 is 0. The third kappa shape index (κ3) is 4.47. The Morgan fingerprint density at radius 2 is 1.72 bits per heavy atom. The van der Waals surface area contributed by atoms with Crippen LogP contribution in [-0.4, -0.2) is 40.7 Å². The van der Waals surface area contributed by atoms with Crippen LogP contribution in [0, 0.1) is 5.92 Å². The van der Waals surface area contributed by atoms with Crippen molar-refractivity contribution in [3.05, 3.63) is 34.9 Å². The molecule has 3 atom stereocenters. The average molecular weight is 438 g/mol. The Balaban J connectivity index is 1.26. The number of hydrogen-bond donors (Lipinski definition) is 2. The average Bonchev–Trinajstić information content (AvgIpc) is 3.11. The lowest BCUT2D eigenvalue weighted by molar-refractivity contribution is -0.136. The zero-order chi connectivity index (χ0) is 22.1. The second kappa shape index (κ2) is 9.34. The van der Waals surface area contributed by atoms with Crippen molar-refractivity contribution in [1.82, 2.24) is 15.5 Å². The Hall–Kier alpha value is -2.21. The van der Waals surface area contributed by atoms with Gasteiger partial charge in [-0.05, 0) is 61.6 Å². The molecule has 3 amide bonds. The molecule has 32 heavy (non-hydrogen) atoms. The summed E-state index contributed by atoms with van der Waals surface area (Å²) in [6, 6.07) is 6.99. The molecule has 2 aliphatic carbocycles. The van der Waals surface area contributed by atoms with Crippen molar-refractivity contribution in [2.45, 2.75) is 102 Å². The lowest BCUT2D eigenvalue weighted by Crippen LogP contribution is -2.52. The summed E-state index contributed by atoms with van der Waals surface area (Å²) in [5.41, 5.74) is 3.02. The first-order valence-electron chi connectivity index (χ1n) is 12.6. The Morgan fingerprint density at radius 1 is 0.938 bits per heavy atom. The van der Waals surface area contributed by atoms with Crippen LogP contribution in [0.25, 0.3) is 0 Å². The summed E-state index contributed by atoms with van der Waals surface area (Å²) in [6.45, 7) is 0.461. The fraction of sp³-hybridized carbons (Fsp3) is 0.654. The predicted molar refractivity (Wildman–Crippen MR) is 122 cm³/mol. The normalized spacial score (nSPS) is 29.2. The molecule has 3 fully saturated rings. The second-order valence-electron chi connectivity index (χ2n) is 10.2. The molecule has 1 aromatic carbocycles. The topological polar surface area (TPSA) is 78.5 Å². The van der Waals surface area contributed by atoms with E-state index in [0.29, 0.717) is 43.0 Å². The molecular weight excluding hydrogens is 402 g/mol. The van der Waals surface area contributed by atoms with Gasteiger partial charge in [-0.1, -0.05) is 44.2 Å². The number of amides is 3. The maximum Gasteiger partial charge on any atom is 0.255 e. The molecule has 1 saturated heterocycles. The smallest absolute Gasteiger partial charge is 0.255 e. The maximum atomic E-state index is 12.9. The number of fused-ring (bicyclic) bond motifs is 1. The molecule has 0 radical (unpaired) electrons. The van der Waals surface area contributed by atoms with Gasteiger partial charge in [-0.15, -0.1) is 0 Å². The van der Waals surface area contributed by atoms with E-state index in [0.717, 1.165) is 12.0 Å². The minimum Gasteiger partial charge on any atom is -0.322 e. The van der Waals surface area contributed by atoms with Crippen molar-refractivity contribution in [1.29, 1.82) is 0 Å². The van der Waals surface area contributed by atoms with Crippen LogP contribution in [0.5, 0.6) is 0 Å². The Bertz CT molecular complexity index is 892. The number of piperidine rings is 1. The molecule has 2 aliphatic heterocycles. The first-order chi connectivity index (χ1) is 15.6. The van der Waals surface area contributed by atoms with Crippen LogP contribution in [0.1, 0.15) is 92.1 Å². The van der Waals surface area contributed by atoms with Crippen LogP contribution in [0.2, 0.25) is 0 Å². The summed E-state index contributed by atoms with van der Waals surface area (Å²) < 4.78 is 0. The molecule has 4 aliphatic rings. The van der Waals surface area contributed by atoms with Gasteiger partial charge in [0.15, 0.2) is 0 Å². The third-order valence-electron chi connectivity index (χ3n) is 8.05. The molecule has 0 unspecified atom stereocenters. The lowest BCUT2D eigenvalue weighted by Gasteiger charge is -2.36. The number of nitrogens with zero attached hydrogens (tertiary/aromatic N) is 1. The van der Waals surface area contributed by atoms with Crippen molar-refractivity contribution in [2.24, 2.45) is 5.92 Å². The first-order valence-corrected chi connectivity index (χ1v) is 12.6. The fourth-order valence-electron chi connectivity index (χ4n) is 6.30. The Kier molecular flexibility index (Phi) is 6.31. The van der Waals surface area contributed by atoms with E-state index in [1.807, 2.05) is 6.07 Å². The van der Waals surface area contributed by atoms with Crippen LogP contribution in [-0.2, 0) is 22.6 Å². The van der Waals surface area contributed by atoms with Crippen LogP contribution in [0.15, 0.2) is 18.2 Å². The van der Waals surface area contributed by atoms with Crippen LogP contribution < -0.4 is 10.6 Å². The van der Waals surface area contributed by atoms with Gasteiger partial charge in [0.05, 0.1) is 0 Å². The summed E-state index contributed by atoms with van der Waals surface area (Å²) in [6.07, 6.45) is 13.7. The molecule has 2 saturated carbocycles. The minimum absolute atomic E-state index is 0.0874. The summed E-state index contributed by atoms with van der Waals surface area (Å²) in [5.74, 6) is -0.0364. The number of nitrogens with one attached hydrogen (secondary N) is 2. The highest BCUT2D eigenvalue weighted by Gasteiger charge is 2.39. The van der Waals surface area contributed by atoms with Gasteiger partial charge in [-0.25, -0.2) is 0 Å². The standard InChI is InChI=1S/C26H35N3O3/c30-24-13-12-23(25(31)28-24)29-16-19-15-17(10-11-21(19)26(29)32)14-18-6-4-5-9-22(18)27-20-7-2-1-3-8-20/h10-11,15,18,20,22-23,27H,1-9,12-14,16H2,(H,28,30,31)/t18-,22+,23-/m1/s1. The number of imide groups is 1. The van der Waals surface area contributed by atoms with Gasteiger partial charge >= 0.3 is 0 Å². The van der Waals surface area contributed by atoms with Crippen molar-refractivity contribution in [3.63, 3.8) is 0 Å². The predicted octanol–water partition coefficient (Wildman–Crippen LogP) is 3.47. The zero-order valence-corrected chi connectivity index (χ0v) is 18.9. The summed E-state index contributed by atoms with van der Waals surface area (Å²) in [5, 5.41) is 6.39. The van der Waals surface area contributed by atoms with E-state index in [1.54, 1.807) is 4.90 Å². The molecule has 2 heterocycles. The van der Waals surface area contributed by atoms with E-state index in [1.165, 1.54) is 63.4 Å². The van der Waals surface area contributed by atoms with Gasteiger partial charge in [0.1, 0.15) is 6.04 Å². The number of rotatable bonds is 5. The second-order valence-corrected chi connectivity index (χ2v) is 10.2. The lowest BCUT2D eigenvalue weighted by atomic mass is 9.79. The molecule has 172 valence electrons. The van der Waals surface area contributed by atoms with E-state index in [4.69, 9.17) is 0 Å². The summed E-state index contributed by atoms with van der Waals surface area (Å²) in [4.78, 5) is 38.4. The number of carbonyl (C=O) groups excluding carboxylic acids is 3. The van der Waals surface area contributed by atoms with E-state index < -0.39 is 6.04 Å². The highest BCUT2D eigenvalue weighted by atomic mass is 16.2. The number of hydrogen-bond acceptors (Lipinski definition) is 4. The quantitative estimate of drug-likeness (QED) is 0.692. The Morgan fingerprint density at radius 3 is 2.53 bits per heavy atom. The van der Waals surface area contributed by atoms with E-state index in [9.17, 15) is 14.4 Å². The van der Waals surface area contributed by atoms with Gasteiger partial charge in [-0.3, -0.25) is 19.7 Å². The van der Waals surface area contributed by atoms with Gasteiger partial charge < -0.3 is 10.2 Å². The largest absolute Gasteiger partial charge is 0.322 e. The van der Waals surface area contributed by atoms with E-state index >= 15 is 0 Å². The van der Waals surface area contributed by atoms with Crippen LogP contribution >= 0.6 is 0 Å². The van der Waals surface area contributed by atoms with Crippen molar-refractivity contribution >= 4 is 17.7 Å². The molecule has 2 N–H and O–H groups in total. The summed E-state index contributed by atoms with van der Waals surface area (Å²) in [7, 11) is 0. The molecule has 0 spiro atoms. The SMILES string of the molecule is O=C1CC[C@@H](N2Cc3cc(C[C@H]4CCCC[C@@H]4NC4CCCCC4)ccc3C2=O)C(=O)N1. The number of carbonyl (C=O) groups is 3. The highest BCUT2D eigenvalue weighted by molar-refractivity contribution is 6.05. The van der Waals surface area contributed by atoms with Gasteiger partial charge in [0, 0.05) is 30.6 Å². The molecule has 6 heteroatoms. The van der Waals surface area contributed by atoms with Crippen molar-refractivity contribution < 1.29 is 14.4 Å². The van der Waals surface area contributed by atoms with Crippen LogP contribution in [0.3, 0.4) is 0 Å². The van der Waals surface area contributed by atoms with Crippen molar-refractivity contribution in [2.75, 3.05) is 0 Å². The zero-order valence-electron chi connectivity index (χ0n) is 18.9. The van der Waals surface area contributed by atoms with Gasteiger partial charge in [0.2, 0.25) is 11.8 Å². The molecule has 6 nitrogen and oxygen atoms in total. The van der Waals surface area contributed by atoms with E-state index in [-0.39, 0.29) is 17.7 Å². The Labute approximate surface area is 190 Å². The minimum atomic E-state index is -0.543. The maximum absolute atomic E-state index is 12.9. The molecule has 5 rings (SSSR count). The molecule has 1 aromatic rings. The number of benzene rings is 1. The molecular formula is C26H35N3O3. The van der Waals surface area contributed by atoms with Crippen molar-refractivity contribution in [3.8, 4) is 0 Å². The van der Waals surface area contributed by atoms with E-state index in [2.05, 4.69) is 22.8 Å². The monoisotopic (exact) mass is 437 g/mol. The molecule has 0 bridgehead atoms. The van der Waals surface area contributed by atoms with Gasteiger partial charge in [-0.2, -0.15) is 0 Å². The first kappa shape index (κ1) is 21.6. The highest BCUT2D eigenvalue weighted by Crippen LogP contribution is 2.32. The fourth-order valence-corrected chi connectivity index (χ4v) is 6.30.